The molecule has 0 unspecified atom stereocenters. The summed E-state index contributed by atoms with van der Waals surface area (Å²) in [6, 6.07) is 18.2. The zero-order valence-electron chi connectivity index (χ0n) is 19.3. The molecule has 188 valence electrons. The Kier molecular flexibility index (Phi) is 8.11. The van der Waals surface area contributed by atoms with E-state index in [4.69, 9.17) is 30.6 Å². The Morgan fingerprint density at radius 1 is 1.05 bits per heavy atom. The van der Waals surface area contributed by atoms with Crippen LogP contribution in [0.2, 0.25) is 5.02 Å². The Bertz CT molecular complexity index is 1470. The van der Waals surface area contributed by atoms with Crippen LogP contribution in [0.4, 0.5) is 0 Å². The smallest absolute Gasteiger partial charge is 0.342 e. The number of hydrogen-bond donors (Lipinski definition) is 2. The summed E-state index contributed by atoms with van der Waals surface area (Å²) in [5.74, 6) is -1.01. The van der Waals surface area contributed by atoms with Crippen molar-refractivity contribution < 1.29 is 33.7 Å². The standard InChI is InChI=1S/C26H19ClN2O7S/c1-34-21-10-7-18(27)13-20(21)23-28-29-26(36-23)37-22(25(32)33)12-15-5-8-19(9-6-15)35-14-16-3-2-4-17(11-16)24(30)31/h2-13H,14H2,1H3,(H,30,31)(H,32,33)/b22-12-. The lowest BCUT2D eigenvalue weighted by atomic mass is 10.1. The lowest BCUT2D eigenvalue weighted by Gasteiger charge is -2.07. The van der Waals surface area contributed by atoms with Crippen LogP contribution in [0.15, 0.2) is 81.3 Å². The lowest BCUT2D eigenvalue weighted by Crippen LogP contribution is -2.00. The van der Waals surface area contributed by atoms with E-state index in [0.717, 1.165) is 11.8 Å². The van der Waals surface area contributed by atoms with Gasteiger partial charge >= 0.3 is 11.9 Å². The van der Waals surface area contributed by atoms with Crippen molar-refractivity contribution in [3.63, 3.8) is 0 Å². The number of methoxy groups -OCH3 is 1. The van der Waals surface area contributed by atoms with Crippen molar-refractivity contribution in [2.75, 3.05) is 7.11 Å². The van der Waals surface area contributed by atoms with Crippen LogP contribution in [0.5, 0.6) is 11.5 Å². The fraction of sp³-hybridized carbons (Fsp3) is 0.0769. The van der Waals surface area contributed by atoms with Crippen LogP contribution in [-0.4, -0.2) is 39.5 Å². The molecule has 4 aromatic rings. The number of halogens is 1. The van der Waals surface area contributed by atoms with Crippen LogP contribution in [0.3, 0.4) is 0 Å². The molecule has 4 rings (SSSR count). The minimum atomic E-state index is -1.16. The zero-order valence-corrected chi connectivity index (χ0v) is 20.8. The first-order valence-electron chi connectivity index (χ1n) is 10.7. The number of aromatic carboxylic acids is 1. The molecule has 1 aromatic heterocycles. The van der Waals surface area contributed by atoms with Crippen molar-refractivity contribution in [3.8, 4) is 23.0 Å². The monoisotopic (exact) mass is 538 g/mol. The molecule has 0 bridgehead atoms. The van der Waals surface area contributed by atoms with Gasteiger partial charge in [-0.2, -0.15) is 0 Å². The van der Waals surface area contributed by atoms with Crippen LogP contribution in [-0.2, 0) is 11.4 Å². The number of carboxylic acids is 2. The minimum absolute atomic E-state index is 0.0348. The summed E-state index contributed by atoms with van der Waals surface area (Å²) in [6.07, 6.45) is 1.47. The molecule has 0 spiro atoms. The summed E-state index contributed by atoms with van der Waals surface area (Å²) >= 11 is 6.87. The van der Waals surface area contributed by atoms with E-state index in [9.17, 15) is 14.7 Å². The predicted molar refractivity (Wildman–Crippen MR) is 137 cm³/mol. The lowest BCUT2D eigenvalue weighted by molar-refractivity contribution is -0.131. The highest BCUT2D eigenvalue weighted by Gasteiger charge is 2.18. The molecule has 0 aliphatic heterocycles. The molecule has 0 aliphatic carbocycles. The van der Waals surface area contributed by atoms with E-state index in [1.807, 2.05) is 0 Å². The number of nitrogens with zero attached hydrogens (tertiary/aromatic N) is 2. The largest absolute Gasteiger partial charge is 0.496 e. The van der Waals surface area contributed by atoms with Crippen molar-refractivity contribution in [3.05, 3.63) is 93.3 Å². The zero-order chi connectivity index (χ0) is 26.4. The first-order chi connectivity index (χ1) is 17.8. The number of benzene rings is 3. The van der Waals surface area contributed by atoms with Crippen LogP contribution < -0.4 is 9.47 Å². The van der Waals surface area contributed by atoms with E-state index >= 15 is 0 Å². The second kappa shape index (κ2) is 11.6. The van der Waals surface area contributed by atoms with Crippen LogP contribution in [0, 0.1) is 0 Å². The maximum atomic E-state index is 11.8. The van der Waals surface area contributed by atoms with Crippen molar-refractivity contribution in [2.45, 2.75) is 11.8 Å². The van der Waals surface area contributed by atoms with E-state index < -0.39 is 11.9 Å². The third-order valence-electron chi connectivity index (χ3n) is 4.96. The van der Waals surface area contributed by atoms with Gasteiger partial charge in [-0.05, 0) is 71.4 Å². The number of hydrogen-bond acceptors (Lipinski definition) is 8. The Balaban J connectivity index is 1.45. The predicted octanol–water partition coefficient (Wildman–Crippen LogP) is 5.89. The van der Waals surface area contributed by atoms with Crippen molar-refractivity contribution >= 4 is 41.4 Å². The highest BCUT2D eigenvalue weighted by Crippen LogP contribution is 2.35. The molecule has 1 heterocycles. The van der Waals surface area contributed by atoms with Crippen molar-refractivity contribution in [2.24, 2.45) is 0 Å². The molecular weight excluding hydrogens is 520 g/mol. The topological polar surface area (TPSA) is 132 Å². The first kappa shape index (κ1) is 25.8. The fourth-order valence-electron chi connectivity index (χ4n) is 3.21. The van der Waals surface area contributed by atoms with Gasteiger partial charge in [0.25, 0.3) is 11.1 Å². The molecule has 2 N–H and O–H groups in total. The molecule has 11 heteroatoms. The van der Waals surface area contributed by atoms with E-state index in [2.05, 4.69) is 10.2 Å². The molecule has 0 saturated carbocycles. The summed E-state index contributed by atoms with van der Waals surface area (Å²) in [5.41, 5.74) is 1.99. The van der Waals surface area contributed by atoms with Gasteiger partial charge in [-0.3, -0.25) is 0 Å². The molecule has 37 heavy (non-hydrogen) atoms. The van der Waals surface area contributed by atoms with Gasteiger partial charge in [0, 0.05) is 5.02 Å². The van der Waals surface area contributed by atoms with Gasteiger partial charge in [-0.15, -0.1) is 10.2 Å². The van der Waals surface area contributed by atoms with E-state index in [-0.39, 0.29) is 28.2 Å². The number of carbonyl (C=O) groups is 2. The van der Waals surface area contributed by atoms with Gasteiger partial charge in [-0.25, -0.2) is 9.59 Å². The number of rotatable bonds is 10. The van der Waals surface area contributed by atoms with Gasteiger partial charge in [0.15, 0.2) is 0 Å². The van der Waals surface area contributed by atoms with Crippen LogP contribution in [0.25, 0.3) is 17.5 Å². The molecule has 0 fully saturated rings. The normalized spacial score (nSPS) is 11.2. The number of thioether (sulfide) groups is 1. The van der Waals surface area contributed by atoms with E-state index in [1.54, 1.807) is 60.7 Å². The molecular formula is C26H19ClN2O7S. The summed E-state index contributed by atoms with van der Waals surface area (Å²) in [4.78, 5) is 22.9. The second-order valence-electron chi connectivity index (χ2n) is 7.50. The molecule has 0 amide bonds. The summed E-state index contributed by atoms with van der Waals surface area (Å²) in [5, 5.41) is 27.2. The third-order valence-corrected chi connectivity index (χ3v) is 6.05. The number of aliphatic carboxylic acids is 1. The summed E-state index contributed by atoms with van der Waals surface area (Å²) < 4.78 is 16.7. The highest BCUT2D eigenvalue weighted by molar-refractivity contribution is 8.03. The van der Waals surface area contributed by atoms with Gasteiger partial charge in [0.1, 0.15) is 23.0 Å². The Morgan fingerprint density at radius 3 is 2.54 bits per heavy atom. The maximum Gasteiger partial charge on any atom is 0.342 e. The molecule has 9 nitrogen and oxygen atoms in total. The quantitative estimate of drug-likeness (QED) is 0.186. The third kappa shape index (κ3) is 6.69. The Morgan fingerprint density at radius 2 is 1.84 bits per heavy atom. The van der Waals surface area contributed by atoms with Crippen molar-refractivity contribution in [1.29, 1.82) is 0 Å². The Labute approximate surface area is 220 Å². The second-order valence-corrected chi connectivity index (χ2v) is 8.93. The number of aromatic nitrogens is 2. The van der Waals surface area contributed by atoms with Gasteiger partial charge in [0.05, 0.1) is 18.2 Å². The SMILES string of the molecule is COc1ccc(Cl)cc1-c1nnc(S/C(=C\c2ccc(OCc3cccc(C(=O)O)c3)cc2)C(=O)O)o1. The van der Waals surface area contributed by atoms with Gasteiger partial charge in [-0.1, -0.05) is 35.9 Å². The first-order valence-corrected chi connectivity index (χ1v) is 11.9. The van der Waals surface area contributed by atoms with E-state index in [1.165, 1.54) is 19.3 Å². The summed E-state index contributed by atoms with van der Waals surface area (Å²) in [7, 11) is 1.50. The number of carboxylic acid groups (broad SMARTS) is 2. The van der Waals surface area contributed by atoms with Crippen LogP contribution >= 0.6 is 23.4 Å². The van der Waals surface area contributed by atoms with Gasteiger partial charge < -0.3 is 24.1 Å². The van der Waals surface area contributed by atoms with Crippen LogP contribution in [0.1, 0.15) is 21.5 Å². The average Bonchev–Trinajstić information content (AvgIpc) is 3.36. The molecule has 0 atom stereocenters. The Hall–Kier alpha value is -4.28. The van der Waals surface area contributed by atoms with Gasteiger partial charge in [0.2, 0.25) is 0 Å². The maximum absolute atomic E-state index is 11.8. The van der Waals surface area contributed by atoms with E-state index in [0.29, 0.717) is 33.2 Å². The number of ether oxygens (including phenoxy) is 2. The minimum Gasteiger partial charge on any atom is -0.496 e. The average molecular weight is 539 g/mol. The summed E-state index contributed by atoms with van der Waals surface area (Å²) in [6.45, 7) is 0.184. The molecule has 3 aromatic carbocycles. The fourth-order valence-corrected chi connectivity index (χ4v) is 4.05. The highest BCUT2D eigenvalue weighted by atomic mass is 35.5. The molecule has 0 aliphatic rings. The molecule has 0 saturated heterocycles. The molecule has 0 radical (unpaired) electrons. The van der Waals surface area contributed by atoms with Crippen molar-refractivity contribution in [1.82, 2.24) is 10.2 Å².